The van der Waals surface area contributed by atoms with Crippen molar-refractivity contribution in [2.45, 2.75) is 11.7 Å². The van der Waals surface area contributed by atoms with Crippen molar-refractivity contribution in [2.24, 2.45) is 0 Å². The minimum absolute atomic E-state index is 1.06. The quantitative estimate of drug-likeness (QED) is 0.407. The molecule has 0 aromatic rings. The third kappa shape index (κ3) is 4.04. The molecule has 1 radical (unpaired) electrons. The number of hydrogen-bond donors (Lipinski definition) is 0. The van der Waals surface area contributed by atoms with E-state index in [1.54, 1.807) is 0 Å². The van der Waals surface area contributed by atoms with Crippen LogP contribution in [0.3, 0.4) is 0 Å². The molecule has 0 fully saturated rings. The first-order valence-electron chi connectivity index (χ1n) is 1.84. The molecule has 0 rings (SSSR count). The summed E-state index contributed by atoms with van der Waals surface area (Å²) in [6, 6.07) is 0. The molecule has 0 spiro atoms. The molecule has 0 saturated heterocycles. The zero-order chi connectivity index (χ0) is 4.83. The van der Waals surface area contributed by atoms with Crippen LogP contribution in [0.25, 0.3) is 0 Å². The molecule has 0 saturated carbocycles. The Hall–Kier alpha value is 0.0395. The Balaban J connectivity index is 2.86. The molecule has 0 N–H and O–H groups in total. The van der Waals surface area contributed by atoms with Crippen molar-refractivity contribution in [3.8, 4) is 0 Å². The Morgan fingerprint density at radius 2 is 2.50 bits per heavy atom. The van der Waals surface area contributed by atoms with Crippen LogP contribution in [0.1, 0.15) is 6.42 Å². The Bertz CT molecular complexity index is 60.3. The van der Waals surface area contributed by atoms with E-state index in [1.165, 1.54) is 0 Å². The molecule has 0 bridgehead atoms. The second-order valence-electron chi connectivity index (χ2n) is 0.901. The second kappa shape index (κ2) is 5.04. The van der Waals surface area contributed by atoms with Crippen LogP contribution in [0.5, 0.6) is 0 Å². The van der Waals surface area contributed by atoms with Crippen molar-refractivity contribution in [1.29, 1.82) is 0 Å². The molecule has 0 aliphatic carbocycles. The maximum atomic E-state index is 3.40. The Morgan fingerprint density at radius 1 is 1.83 bits per heavy atom. The van der Waals surface area contributed by atoms with Gasteiger partial charge in [0.2, 0.25) is 0 Å². The number of hydrogen-bond acceptors (Lipinski definition) is 0. The maximum absolute atomic E-state index is 3.40. The van der Waals surface area contributed by atoms with Gasteiger partial charge in [-0.15, -0.1) is 0 Å². The van der Waals surface area contributed by atoms with Gasteiger partial charge in [0.15, 0.2) is 0 Å². The van der Waals surface area contributed by atoms with Crippen LogP contribution in [0.4, 0.5) is 0 Å². The van der Waals surface area contributed by atoms with Crippen molar-refractivity contribution in [3.05, 3.63) is 18.4 Å². The van der Waals surface area contributed by atoms with Crippen molar-refractivity contribution >= 4 is 16.0 Å². The summed E-state index contributed by atoms with van der Waals surface area (Å²) in [4.78, 5) is 0. The summed E-state index contributed by atoms with van der Waals surface area (Å²) in [5.41, 5.74) is 2.67. The van der Waals surface area contributed by atoms with Crippen LogP contribution in [-0.4, -0.2) is 16.0 Å². The Labute approximate surface area is 46.8 Å². The van der Waals surface area contributed by atoms with E-state index in [9.17, 15) is 0 Å². The van der Waals surface area contributed by atoms with Gasteiger partial charge >= 0.3 is 46.1 Å². The molecule has 0 aliphatic rings. The zero-order valence-electron chi connectivity index (χ0n) is 3.61. The summed E-state index contributed by atoms with van der Waals surface area (Å²) in [6.45, 7) is 3.40. The molecule has 0 amide bonds. The fraction of sp³-hybridized carbons (Fsp3) is 0.400. The van der Waals surface area contributed by atoms with E-state index in [0.29, 0.717) is 0 Å². The van der Waals surface area contributed by atoms with E-state index < -0.39 is 0 Å². The third-order valence-electron chi connectivity index (χ3n) is 0.407. The van der Waals surface area contributed by atoms with Crippen molar-refractivity contribution in [2.75, 3.05) is 0 Å². The Kier molecular flexibility index (Phi) is 5.07. The number of rotatable bonds is 2. The van der Waals surface area contributed by atoms with E-state index in [1.807, 2.05) is 6.08 Å². The molecule has 33 valence electrons. The first kappa shape index (κ1) is 6.04. The van der Waals surface area contributed by atoms with Gasteiger partial charge in [-0.05, 0) is 0 Å². The fourth-order valence-corrected chi connectivity index (χ4v) is 0.408. The minimum atomic E-state index is 1.06. The second-order valence-corrected chi connectivity index (χ2v) is 1.76. The van der Waals surface area contributed by atoms with Gasteiger partial charge in [0.05, 0.1) is 0 Å². The summed E-state index contributed by atoms with van der Waals surface area (Å²) < 4.78 is 0. The normalized spacial score (nSPS) is 6.83. The molecule has 0 atom stereocenters. The molecular formula is C5H7Se. The van der Waals surface area contributed by atoms with Crippen LogP contribution in [0, 0.1) is 0 Å². The van der Waals surface area contributed by atoms with Crippen molar-refractivity contribution < 1.29 is 0 Å². The SMILES string of the molecule is C=C=CCC[Se]. The molecule has 6 heavy (non-hydrogen) atoms. The first-order chi connectivity index (χ1) is 2.91. The first-order valence-corrected chi connectivity index (χ1v) is 3.05. The summed E-state index contributed by atoms with van der Waals surface area (Å²) in [7, 11) is 0. The van der Waals surface area contributed by atoms with Crippen LogP contribution >= 0.6 is 0 Å². The predicted octanol–water partition coefficient (Wildman–Crippen LogP) is 1.30. The molecule has 0 aliphatic heterocycles. The average molecular weight is 146 g/mol. The van der Waals surface area contributed by atoms with E-state index in [2.05, 4.69) is 28.3 Å². The predicted molar refractivity (Wildman–Crippen MR) is 28.9 cm³/mol. The van der Waals surface area contributed by atoms with Gasteiger partial charge in [-0.2, -0.15) is 0 Å². The summed E-state index contributed by atoms with van der Waals surface area (Å²) in [6.07, 6.45) is 2.97. The van der Waals surface area contributed by atoms with Crippen LogP contribution in [-0.2, 0) is 0 Å². The third-order valence-corrected chi connectivity index (χ3v) is 0.901. The van der Waals surface area contributed by atoms with Crippen LogP contribution < -0.4 is 0 Å². The van der Waals surface area contributed by atoms with E-state index in [4.69, 9.17) is 0 Å². The molecular weight excluding hydrogens is 139 g/mol. The molecule has 0 heterocycles. The van der Waals surface area contributed by atoms with E-state index >= 15 is 0 Å². The van der Waals surface area contributed by atoms with Gasteiger partial charge in [-0.25, -0.2) is 0 Å². The number of allylic oxidation sites excluding steroid dienone is 1. The van der Waals surface area contributed by atoms with Gasteiger partial charge in [0, 0.05) is 0 Å². The molecule has 0 nitrogen and oxygen atoms in total. The molecule has 0 unspecified atom stereocenters. The van der Waals surface area contributed by atoms with E-state index in [-0.39, 0.29) is 0 Å². The van der Waals surface area contributed by atoms with Crippen molar-refractivity contribution in [3.63, 3.8) is 0 Å². The summed E-state index contributed by atoms with van der Waals surface area (Å²) >= 11 is 2.88. The molecule has 0 aromatic heterocycles. The average Bonchev–Trinajstić information content (AvgIpc) is 1.61. The van der Waals surface area contributed by atoms with Crippen LogP contribution in [0.2, 0.25) is 5.32 Å². The Morgan fingerprint density at radius 3 is 2.67 bits per heavy atom. The topological polar surface area (TPSA) is 0 Å². The standard InChI is InChI=1S/C5H7Se/c1-2-3-4-5-6/h3H,1,4-5H2. The van der Waals surface area contributed by atoms with Crippen LogP contribution in [0.15, 0.2) is 18.4 Å². The van der Waals surface area contributed by atoms with Gasteiger partial charge in [0.25, 0.3) is 0 Å². The zero-order valence-corrected chi connectivity index (χ0v) is 5.32. The summed E-state index contributed by atoms with van der Waals surface area (Å²) in [5.74, 6) is 0. The van der Waals surface area contributed by atoms with Crippen molar-refractivity contribution in [1.82, 2.24) is 0 Å². The van der Waals surface area contributed by atoms with Gasteiger partial charge in [0.1, 0.15) is 0 Å². The monoisotopic (exact) mass is 147 g/mol. The summed E-state index contributed by atoms with van der Waals surface area (Å²) in [5, 5.41) is 1.07. The van der Waals surface area contributed by atoms with Gasteiger partial charge in [-0.1, -0.05) is 0 Å². The fourth-order valence-electron chi connectivity index (χ4n) is 0.161. The van der Waals surface area contributed by atoms with Gasteiger partial charge in [-0.3, -0.25) is 0 Å². The molecule has 1 heteroatoms. The van der Waals surface area contributed by atoms with Gasteiger partial charge < -0.3 is 0 Å². The van der Waals surface area contributed by atoms with E-state index in [0.717, 1.165) is 11.7 Å². The molecule has 0 aromatic carbocycles.